The lowest BCUT2D eigenvalue weighted by molar-refractivity contribution is -0.121. The lowest BCUT2D eigenvalue weighted by Gasteiger charge is -2.11. The molecule has 2 N–H and O–H groups in total. The highest BCUT2D eigenvalue weighted by Crippen LogP contribution is 1.95. The lowest BCUT2D eigenvalue weighted by Crippen LogP contribution is -2.33. The first-order valence-electron chi connectivity index (χ1n) is 6.09. The largest absolute Gasteiger partial charge is 0.354 e. The van der Waals surface area contributed by atoms with E-state index in [1.807, 2.05) is 26.4 Å². The fraction of sp³-hybridized carbons (Fsp3) is 0.667. The van der Waals surface area contributed by atoms with Crippen molar-refractivity contribution in [3.05, 3.63) is 18.0 Å². The van der Waals surface area contributed by atoms with Crippen LogP contribution in [0.2, 0.25) is 0 Å². The smallest absolute Gasteiger partial charge is 0.221 e. The number of carbonyl (C=O) groups excluding carboxylic acids is 1. The van der Waals surface area contributed by atoms with Crippen molar-refractivity contribution in [2.45, 2.75) is 39.3 Å². The first kappa shape index (κ1) is 13.7. The number of amides is 1. The van der Waals surface area contributed by atoms with Crippen LogP contribution in [0.1, 0.15) is 32.3 Å². The van der Waals surface area contributed by atoms with Gasteiger partial charge in [-0.2, -0.15) is 5.10 Å². The Hall–Kier alpha value is -1.36. The highest BCUT2D eigenvalue weighted by molar-refractivity contribution is 5.76. The van der Waals surface area contributed by atoms with Crippen molar-refractivity contribution >= 4 is 5.91 Å². The fourth-order valence-corrected chi connectivity index (χ4v) is 1.45. The Labute approximate surface area is 103 Å². The van der Waals surface area contributed by atoms with Crippen LogP contribution < -0.4 is 10.6 Å². The maximum Gasteiger partial charge on any atom is 0.221 e. The van der Waals surface area contributed by atoms with Gasteiger partial charge in [-0.15, -0.1) is 0 Å². The molecule has 96 valence electrons. The van der Waals surface area contributed by atoms with Crippen molar-refractivity contribution in [2.24, 2.45) is 7.05 Å². The molecule has 1 unspecified atom stereocenters. The maximum atomic E-state index is 11.5. The average molecular weight is 238 g/mol. The number of rotatable bonds is 7. The molecule has 0 spiro atoms. The molecular weight excluding hydrogens is 216 g/mol. The summed E-state index contributed by atoms with van der Waals surface area (Å²) < 4.78 is 1.77. The van der Waals surface area contributed by atoms with E-state index in [-0.39, 0.29) is 11.9 Å². The molecule has 1 aromatic heterocycles. The standard InChI is InChI=1S/C12H22N4O/c1-4-10(2)15-12(17)5-6-13-7-11-8-14-16(3)9-11/h8-10,13H,4-7H2,1-3H3,(H,15,17). The van der Waals surface area contributed by atoms with Gasteiger partial charge in [0.2, 0.25) is 5.91 Å². The first-order chi connectivity index (χ1) is 8.11. The van der Waals surface area contributed by atoms with Crippen LogP contribution in [0.25, 0.3) is 0 Å². The van der Waals surface area contributed by atoms with Crippen LogP contribution in [-0.2, 0) is 18.4 Å². The molecule has 0 fully saturated rings. The third kappa shape index (κ3) is 5.49. The third-order valence-electron chi connectivity index (χ3n) is 2.64. The van der Waals surface area contributed by atoms with Gasteiger partial charge in [0.05, 0.1) is 6.20 Å². The van der Waals surface area contributed by atoms with Gasteiger partial charge in [-0.05, 0) is 13.3 Å². The molecule has 0 aliphatic rings. The highest BCUT2D eigenvalue weighted by Gasteiger charge is 2.04. The van der Waals surface area contributed by atoms with Crippen LogP contribution in [0.15, 0.2) is 12.4 Å². The number of nitrogens with zero attached hydrogens (tertiary/aromatic N) is 2. The molecule has 0 bridgehead atoms. The van der Waals surface area contributed by atoms with E-state index < -0.39 is 0 Å². The second-order valence-corrected chi connectivity index (χ2v) is 4.33. The van der Waals surface area contributed by atoms with E-state index in [0.29, 0.717) is 13.0 Å². The molecule has 1 amide bonds. The van der Waals surface area contributed by atoms with Crippen molar-refractivity contribution in [3.8, 4) is 0 Å². The quantitative estimate of drug-likeness (QED) is 0.691. The van der Waals surface area contributed by atoms with Crippen LogP contribution in [0, 0.1) is 0 Å². The van der Waals surface area contributed by atoms with E-state index in [4.69, 9.17) is 0 Å². The van der Waals surface area contributed by atoms with Gasteiger partial charge in [0.15, 0.2) is 0 Å². The summed E-state index contributed by atoms with van der Waals surface area (Å²) in [6, 6.07) is 0.265. The molecule has 0 aliphatic carbocycles. The molecule has 1 rings (SSSR count). The summed E-state index contributed by atoms with van der Waals surface area (Å²) in [5, 5.41) is 10.2. The van der Waals surface area contributed by atoms with Crippen LogP contribution in [0.3, 0.4) is 0 Å². The summed E-state index contributed by atoms with van der Waals surface area (Å²) in [5.74, 6) is 0.109. The Morgan fingerprint density at radius 1 is 1.59 bits per heavy atom. The zero-order chi connectivity index (χ0) is 12.7. The van der Waals surface area contributed by atoms with E-state index >= 15 is 0 Å². The van der Waals surface area contributed by atoms with Crippen LogP contribution in [0.4, 0.5) is 0 Å². The summed E-state index contributed by atoms with van der Waals surface area (Å²) >= 11 is 0. The number of hydrogen-bond donors (Lipinski definition) is 2. The molecule has 0 aromatic carbocycles. The highest BCUT2D eigenvalue weighted by atomic mass is 16.1. The van der Waals surface area contributed by atoms with Gasteiger partial charge in [-0.25, -0.2) is 0 Å². The molecule has 0 saturated heterocycles. The molecule has 0 aliphatic heterocycles. The van der Waals surface area contributed by atoms with Crippen molar-refractivity contribution in [2.75, 3.05) is 6.54 Å². The zero-order valence-electron chi connectivity index (χ0n) is 10.9. The maximum absolute atomic E-state index is 11.5. The topological polar surface area (TPSA) is 59.0 Å². The first-order valence-corrected chi connectivity index (χ1v) is 6.09. The van der Waals surface area contributed by atoms with Crippen LogP contribution >= 0.6 is 0 Å². The van der Waals surface area contributed by atoms with Crippen LogP contribution in [0.5, 0.6) is 0 Å². The second kappa shape index (κ2) is 7.06. The number of aromatic nitrogens is 2. The molecule has 1 heterocycles. The molecule has 17 heavy (non-hydrogen) atoms. The number of aryl methyl sites for hydroxylation is 1. The van der Waals surface area contributed by atoms with Gasteiger partial charge in [-0.3, -0.25) is 9.48 Å². The molecule has 5 nitrogen and oxygen atoms in total. The summed E-state index contributed by atoms with van der Waals surface area (Å²) in [6.45, 7) is 5.52. The van der Waals surface area contributed by atoms with Crippen molar-refractivity contribution in [1.82, 2.24) is 20.4 Å². The normalized spacial score (nSPS) is 12.4. The average Bonchev–Trinajstić information content (AvgIpc) is 2.70. The zero-order valence-corrected chi connectivity index (χ0v) is 10.9. The minimum atomic E-state index is 0.109. The summed E-state index contributed by atoms with van der Waals surface area (Å²) in [4.78, 5) is 11.5. The van der Waals surface area contributed by atoms with Crippen molar-refractivity contribution < 1.29 is 4.79 Å². The monoisotopic (exact) mass is 238 g/mol. The van der Waals surface area contributed by atoms with Crippen molar-refractivity contribution in [3.63, 3.8) is 0 Å². The molecule has 0 radical (unpaired) electrons. The Bertz CT molecular complexity index is 348. The van der Waals surface area contributed by atoms with E-state index in [2.05, 4.69) is 22.7 Å². The van der Waals surface area contributed by atoms with Gasteiger partial charge < -0.3 is 10.6 Å². The van der Waals surface area contributed by atoms with Gasteiger partial charge in [-0.1, -0.05) is 6.92 Å². The minimum Gasteiger partial charge on any atom is -0.354 e. The summed E-state index contributed by atoms with van der Waals surface area (Å²) in [6.07, 6.45) is 5.28. The van der Waals surface area contributed by atoms with Gasteiger partial charge in [0.25, 0.3) is 0 Å². The number of carbonyl (C=O) groups is 1. The van der Waals surface area contributed by atoms with E-state index in [1.54, 1.807) is 4.68 Å². The predicted octanol–water partition coefficient (Wildman–Crippen LogP) is 0.814. The van der Waals surface area contributed by atoms with Gasteiger partial charge in [0, 0.05) is 44.4 Å². The van der Waals surface area contributed by atoms with E-state index in [9.17, 15) is 4.79 Å². The number of hydrogen-bond acceptors (Lipinski definition) is 3. The predicted molar refractivity (Wildman–Crippen MR) is 67.4 cm³/mol. The van der Waals surface area contributed by atoms with Crippen molar-refractivity contribution in [1.29, 1.82) is 0 Å². The molecule has 0 saturated carbocycles. The fourth-order valence-electron chi connectivity index (χ4n) is 1.45. The van der Waals surface area contributed by atoms with Gasteiger partial charge >= 0.3 is 0 Å². The lowest BCUT2D eigenvalue weighted by atomic mass is 10.2. The van der Waals surface area contributed by atoms with Crippen LogP contribution in [-0.4, -0.2) is 28.3 Å². The Morgan fingerprint density at radius 3 is 2.94 bits per heavy atom. The van der Waals surface area contributed by atoms with E-state index in [1.165, 1.54) is 0 Å². The molecular formula is C12H22N4O. The summed E-state index contributed by atoms with van der Waals surface area (Å²) in [5.41, 5.74) is 1.13. The molecule has 1 aromatic rings. The third-order valence-corrected chi connectivity index (χ3v) is 2.64. The molecule has 1 atom stereocenters. The minimum absolute atomic E-state index is 0.109. The molecule has 5 heteroatoms. The Kier molecular flexibility index (Phi) is 5.69. The Balaban J connectivity index is 2.10. The number of nitrogens with one attached hydrogen (secondary N) is 2. The SMILES string of the molecule is CCC(C)NC(=O)CCNCc1cnn(C)c1. The van der Waals surface area contributed by atoms with Gasteiger partial charge in [0.1, 0.15) is 0 Å². The Morgan fingerprint density at radius 2 is 2.35 bits per heavy atom. The van der Waals surface area contributed by atoms with E-state index in [0.717, 1.165) is 18.5 Å². The second-order valence-electron chi connectivity index (χ2n) is 4.33. The summed E-state index contributed by atoms with van der Waals surface area (Å²) in [7, 11) is 1.89.